The van der Waals surface area contributed by atoms with Crippen LogP contribution in [0.4, 0.5) is 4.39 Å². The van der Waals surface area contributed by atoms with Crippen LogP contribution < -0.4 is 21.1 Å². The number of hydrazine groups is 1. The molecule has 0 aliphatic carbocycles. The van der Waals surface area contributed by atoms with Crippen molar-refractivity contribution in [2.75, 3.05) is 0 Å². The van der Waals surface area contributed by atoms with Gasteiger partial charge in [0, 0.05) is 10.6 Å². The topological polar surface area (TPSA) is 102 Å². The number of carbonyl (C=O) groups is 2. The standard InChI is InChI=1S/C25H20ClFN4O4/c1-15-10-19(7-8-21(15)26)35-13-16-2-4-17(5-3-16)24(33)30-29-23(32)12-31-14-28-22-9-6-18(27)11-20(22)25(31)34/h2-11,14H,12-13H2,1H3,(H,29,32)(H,30,33). The Morgan fingerprint density at radius 1 is 1.06 bits per heavy atom. The van der Waals surface area contributed by atoms with E-state index in [4.69, 9.17) is 16.3 Å². The molecule has 10 heteroatoms. The fourth-order valence-corrected chi connectivity index (χ4v) is 3.38. The highest BCUT2D eigenvalue weighted by molar-refractivity contribution is 6.31. The lowest BCUT2D eigenvalue weighted by Gasteiger charge is -2.10. The Kier molecular flexibility index (Phi) is 7.07. The van der Waals surface area contributed by atoms with Gasteiger partial charge in [-0.15, -0.1) is 0 Å². The van der Waals surface area contributed by atoms with Crippen molar-refractivity contribution in [3.05, 3.63) is 105 Å². The van der Waals surface area contributed by atoms with Crippen molar-refractivity contribution in [3.8, 4) is 5.75 Å². The zero-order valence-electron chi connectivity index (χ0n) is 18.5. The fourth-order valence-electron chi connectivity index (χ4n) is 3.26. The summed E-state index contributed by atoms with van der Waals surface area (Å²) in [6, 6.07) is 15.7. The molecule has 8 nitrogen and oxygen atoms in total. The summed E-state index contributed by atoms with van der Waals surface area (Å²) in [7, 11) is 0. The summed E-state index contributed by atoms with van der Waals surface area (Å²) in [6.45, 7) is 1.79. The normalized spacial score (nSPS) is 10.7. The molecule has 0 aliphatic heterocycles. The highest BCUT2D eigenvalue weighted by Crippen LogP contribution is 2.22. The van der Waals surface area contributed by atoms with Crippen LogP contribution in [-0.2, 0) is 17.9 Å². The number of benzene rings is 3. The van der Waals surface area contributed by atoms with Crippen LogP contribution in [-0.4, -0.2) is 21.4 Å². The van der Waals surface area contributed by atoms with E-state index in [9.17, 15) is 18.8 Å². The van der Waals surface area contributed by atoms with Gasteiger partial charge < -0.3 is 4.74 Å². The summed E-state index contributed by atoms with van der Waals surface area (Å²) in [6.07, 6.45) is 1.19. The summed E-state index contributed by atoms with van der Waals surface area (Å²) in [5.74, 6) is -1.09. The molecule has 0 saturated heterocycles. The summed E-state index contributed by atoms with van der Waals surface area (Å²) >= 11 is 6.01. The van der Waals surface area contributed by atoms with Crippen LogP contribution in [0.2, 0.25) is 5.02 Å². The largest absolute Gasteiger partial charge is 0.489 e. The van der Waals surface area contributed by atoms with Gasteiger partial charge in [0.05, 0.1) is 17.2 Å². The van der Waals surface area contributed by atoms with E-state index in [1.54, 1.807) is 36.4 Å². The van der Waals surface area contributed by atoms with Gasteiger partial charge in [0.1, 0.15) is 24.7 Å². The van der Waals surface area contributed by atoms with Crippen molar-refractivity contribution in [2.45, 2.75) is 20.1 Å². The van der Waals surface area contributed by atoms with E-state index in [1.807, 2.05) is 13.0 Å². The molecular weight excluding hydrogens is 475 g/mol. The lowest BCUT2D eigenvalue weighted by atomic mass is 10.1. The van der Waals surface area contributed by atoms with E-state index < -0.39 is 29.7 Å². The number of hydrogen-bond acceptors (Lipinski definition) is 5. The van der Waals surface area contributed by atoms with Gasteiger partial charge in [-0.05, 0) is 66.6 Å². The molecular formula is C25H20ClFN4O4. The molecule has 4 rings (SSSR count). The molecule has 1 aromatic heterocycles. The maximum atomic E-state index is 13.4. The zero-order valence-corrected chi connectivity index (χ0v) is 19.3. The predicted molar refractivity (Wildman–Crippen MR) is 129 cm³/mol. The van der Waals surface area contributed by atoms with Crippen LogP contribution >= 0.6 is 11.6 Å². The lowest BCUT2D eigenvalue weighted by Crippen LogP contribution is -2.44. The number of aryl methyl sites for hydroxylation is 1. The van der Waals surface area contributed by atoms with Gasteiger partial charge >= 0.3 is 0 Å². The van der Waals surface area contributed by atoms with Crippen molar-refractivity contribution in [2.24, 2.45) is 0 Å². The minimum atomic E-state index is -0.652. The molecule has 0 atom stereocenters. The van der Waals surface area contributed by atoms with Gasteiger partial charge in [0.2, 0.25) is 0 Å². The molecule has 0 spiro atoms. The minimum Gasteiger partial charge on any atom is -0.489 e. The van der Waals surface area contributed by atoms with E-state index in [1.165, 1.54) is 18.5 Å². The number of nitrogens with zero attached hydrogens (tertiary/aromatic N) is 2. The molecule has 35 heavy (non-hydrogen) atoms. The molecule has 2 N–H and O–H groups in total. The second-order valence-electron chi connectivity index (χ2n) is 7.74. The van der Waals surface area contributed by atoms with Gasteiger partial charge in [-0.3, -0.25) is 29.8 Å². The monoisotopic (exact) mass is 494 g/mol. The first-order valence-electron chi connectivity index (χ1n) is 10.5. The zero-order chi connectivity index (χ0) is 24.9. The number of halogens is 2. The fraction of sp³-hybridized carbons (Fsp3) is 0.120. The van der Waals surface area contributed by atoms with E-state index in [2.05, 4.69) is 15.8 Å². The van der Waals surface area contributed by atoms with Crippen LogP contribution in [0.15, 0.2) is 71.8 Å². The Bertz CT molecular complexity index is 1470. The third kappa shape index (κ3) is 5.82. The van der Waals surface area contributed by atoms with Crippen molar-refractivity contribution in [1.82, 2.24) is 20.4 Å². The number of hydrogen-bond donors (Lipinski definition) is 2. The number of nitrogens with one attached hydrogen (secondary N) is 2. The summed E-state index contributed by atoms with van der Waals surface area (Å²) < 4.78 is 20.2. The van der Waals surface area contributed by atoms with E-state index in [0.717, 1.165) is 21.8 Å². The Morgan fingerprint density at radius 3 is 2.57 bits per heavy atom. The van der Waals surface area contributed by atoms with Gasteiger partial charge in [0.15, 0.2) is 0 Å². The quantitative estimate of drug-likeness (QED) is 0.399. The number of aromatic nitrogens is 2. The average molecular weight is 495 g/mol. The Hall–Kier alpha value is -4.24. The first-order valence-corrected chi connectivity index (χ1v) is 10.9. The van der Waals surface area contributed by atoms with Gasteiger partial charge in [-0.25, -0.2) is 9.37 Å². The summed E-state index contributed by atoms with van der Waals surface area (Å²) in [5.41, 5.74) is 6.37. The van der Waals surface area contributed by atoms with Gasteiger partial charge in [-0.2, -0.15) is 0 Å². The molecule has 4 aromatic rings. The number of fused-ring (bicyclic) bond motifs is 1. The molecule has 0 radical (unpaired) electrons. The van der Waals surface area contributed by atoms with Crippen molar-refractivity contribution < 1.29 is 18.7 Å². The Balaban J connectivity index is 1.30. The summed E-state index contributed by atoms with van der Waals surface area (Å²) in [5, 5.41) is 0.718. The average Bonchev–Trinajstić information content (AvgIpc) is 2.85. The first kappa shape index (κ1) is 23.9. The van der Waals surface area contributed by atoms with Crippen LogP contribution in [0, 0.1) is 12.7 Å². The van der Waals surface area contributed by atoms with Crippen LogP contribution in [0.25, 0.3) is 10.9 Å². The van der Waals surface area contributed by atoms with Crippen molar-refractivity contribution >= 4 is 34.3 Å². The van der Waals surface area contributed by atoms with Crippen molar-refractivity contribution in [1.29, 1.82) is 0 Å². The van der Waals surface area contributed by atoms with E-state index in [0.29, 0.717) is 28.5 Å². The second-order valence-corrected chi connectivity index (χ2v) is 8.15. The summed E-state index contributed by atoms with van der Waals surface area (Å²) in [4.78, 5) is 41.1. The smallest absolute Gasteiger partial charge is 0.269 e. The molecule has 1 heterocycles. The molecule has 0 unspecified atom stereocenters. The number of amides is 2. The molecule has 2 amide bonds. The highest BCUT2D eigenvalue weighted by atomic mass is 35.5. The Labute approximate surface area is 204 Å². The predicted octanol–water partition coefficient (Wildman–Crippen LogP) is 3.54. The molecule has 3 aromatic carbocycles. The van der Waals surface area contributed by atoms with Crippen LogP contribution in [0.5, 0.6) is 5.75 Å². The van der Waals surface area contributed by atoms with E-state index in [-0.39, 0.29) is 5.39 Å². The number of rotatable bonds is 6. The molecule has 0 fully saturated rings. The van der Waals surface area contributed by atoms with Crippen molar-refractivity contribution in [3.63, 3.8) is 0 Å². The molecule has 178 valence electrons. The number of ether oxygens (including phenoxy) is 1. The van der Waals surface area contributed by atoms with E-state index >= 15 is 0 Å². The minimum absolute atomic E-state index is 0.0552. The maximum absolute atomic E-state index is 13.4. The highest BCUT2D eigenvalue weighted by Gasteiger charge is 2.11. The van der Waals surface area contributed by atoms with Gasteiger partial charge in [0.25, 0.3) is 17.4 Å². The molecule has 0 saturated carbocycles. The Morgan fingerprint density at radius 2 is 1.83 bits per heavy atom. The maximum Gasteiger partial charge on any atom is 0.269 e. The SMILES string of the molecule is Cc1cc(OCc2ccc(C(=O)NNC(=O)Cn3cnc4ccc(F)cc4c3=O)cc2)ccc1Cl. The number of carbonyl (C=O) groups excluding carboxylic acids is 2. The molecule has 0 bridgehead atoms. The lowest BCUT2D eigenvalue weighted by molar-refractivity contribution is -0.122. The molecule has 0 aliphatic rings. The van der Waals surface area contributed by atoms with Crippen LogP contribution in [0.3, 0.4) is 0 Å². The second kappa shape index (κ2) is 10.4. The van der Waals surface area contributed by atoms with Gasteiger partial charge in [-0.1, -0.05) is 23.7 Å². The third-order valence-electron chi connectivity index (χ3n) is 5.17. The first-order chi connectivity index (χ1) is 16.8. The van der Waals surface area contributed by atoms with Crippen LogP contribution in [0.1, 0.15) is 21.5 Å². The third-order valence-corrected chi connectivity index (χ3v) is 5.59.